The van der Waals surface area contributed by atoms with E-state index in [1.807, 2.05) is 24.5 Å². The summed E-state index contributed by atoms with van der Waals surface area (Å²) >= 11 is 0. The van der Waals surface area contributed by atoms with E-state index in [0.29, 0.717) is 0 Å². The number of benzene rings is 8. The molecule has 47 heavy (non-hydrogen) atoms. The number of fused-ring (bicyclic) bond motifs is 3. The number of hydrogen-bond acceptors (Lipinski definition) is 2. The number of para-hydroxylation sites is 2. The maximum atomic E-state index is 6.41. The summed E-state index contributed by atoms with van der Waals surface area (Å²) in [7, 11) is 0. The maximum absolute atomic E-state index is 6.41. The minimum absolute atomic E-state index is 0.918. The predicted molar refractivity (Wildman–Crippen MR) is 197 cm³/mol. The standard InChI is InChI=1S/C45H27NO/c1-2-10-42-38(7-1)41-9-4-8-37(45(41)47-42)34-6-3-5-33(27-34)36-20-16-32-17-21-39-35(19-15-31-18-22-40(36)44(32)43(31)39)30-13-11-28(12-14-30)29-23-25-46-26-24-29/h1-27H. The second-order valence-corrected chi connectivity index (χ2v) is 12.3. The monoisotopic (exact) mass is 597 g/mol. The van der Waals surface area contributed by atoms with Crippen molar-refractivity contribution >= 4 is 54.3 Å². The first-order valence-corrected chi connectivity index (χ1v) is 16.0. The molecule has 0 N–H and O–H groups in total. The summed E-state index contributed by atoms with van der Waals surface area (Å²) < 4.78 is 6.41. The minimum atomic E-state index is 0.918. The summed E-state index contributed by atoms with van der Waals surface area (Å²) in [5.41, 5.74) is 11.4. The van der Waals surface area contributed by atoms with Crippen LogP contribution in [0.2, 0.25) is 0 Å². The molecule has 10 aromatic rings. The number of nitrogens with zero attached hydrogens (tertiary/aromatic N) is 1. The van der Waals surface area contributed by atoms with Gasteiger partial charge in [0.25, 0.3) is 0 Å². The maximum Gasteiger partial charge on any atom is 0.143 e. The summed E-state index contributed by atoms with van der Waals surface area (Å²) in [6.45, 7) is 0. The quantitative estimate of drug-likeness (QED) is 0.189. The average molecular weight is 598 g/mol. The molecule has 2 heteroatoms. The van der Waals surface area contributed by atoms with Crippen molar-refractivity contribution in [3.8, 4) is 44.5 Å². The molecule has 0 amide bonds. The van der Waals surface area contributed by atoms with Crippen molar-refractivity contribution in [1.29, 1.82) is 0 Å². The van der Waals surface area contributed by atoms with E-state index in [1.165, 1.54) is 65.7 Å². The van der Waals surface area contributed by atoms with Gasteiger partial charge >= 0.3 is 0 Å². The van der Waals surface area contributed by atoms with Gasteiger partial charge in [-0.1, -0.05) is 127 Å². The van der Waals surface area contributed by atoms with Crippen LogP contribution in [0, 0.1) is 0 Å². The molecular formula is C45H27NO. The summed E-state index contributed by atoms with van der Waals surface area (Å²) in [6.07, 6.45) is 3.69. The number of furan rings is 1. The molecule has 0 aliphatic carbocycles. The molecule has 2 heterocycles. The van der Waals surface area contributed by atoms with E-state index in [-0.39, 0.29) is 0 Å². The first-order valence-electron chi connectivity index (χ1n) is 16.0. The van der Waals surface area contributed by atoms with Gasteiger partial charge in [-0.2, -0.15) is 0 Å². The van der Waals surface area contributed by atoms with Crippen LogP contribution in [-0.4, -0.2) is 4.98 Å². The smallest absolute Gasteiger partial charge is 0.143 e. The lowest BCUT2D eigenvalue weighted by atomic mass is 9.86. The summed E-state index contributed by atoms with van der Waals surface area (Å²) in [5.74, 6) is 0. The Morgan fingerprint density at radius 2 is 0.936 bits per heavy atom. The second kappa shape index (κ2) is 10.1. The van der Waals surface area contributed by atoms with Crippen LogP contribution in [-0.2, 0) is 0 Å². The van der Waals surface area contributed by atoms with Gasteiger partial charge in [0.15, 0.2) is 0 Å². The van der Waals surface area contributed by atoms with E-state index in [2.05, 4.69) is 145 Å². The minimum Gasteiger partial charge on any atom is -0.455 e. The Morgan fingerprint density at radius 3 is 1.68 bits per heavy atom. The Labute approximate surface area is 271 Å². The van der Waals surface area contributed by atoms with Crippen molar-refractivity contribution in [1.82, 2.24) is 4.98 Å². The van der Waals surface area contributed by atoms with Gasteiger partial charge in [-0.15, -0.1) is 0 Å². The molecule has 10 rings (SSSR count). The largest absolute Gasteiger partial charge is 0.455 e. The van der Waals surface area contributed by atoms with Crippen molar-refractivity contribution in [2.75, 3.05) is 0 Å². The average Bonchev–Trinajstić information content (AvgIpc) is 3.53. The van der Waals surface area contributed by atoms with E-state index in [0.717, 1.165) is 33.1 Å². The molecule has 2 nitrogen and oxygen atoms in total. The zero-order chi connectivity index (χ0) is 30.9. The molecule has 0 spiro atoms. The number of rotatable bonds is 4. The van der Waals surface area contributed by atoms with Gasteiger partial charge in [0.2, 0.25) is 0 Å². The van der Waals surface area contributed by atoms with Crippen molar-refractivity contribution < 1.29 is 4.42 Å². The highest BCUT2D eigenvalue weighted by molar-refractivity contribution is 6.27. The molecule has 0 unspecified atom stereocenters. The fourth-order valence-corrected chi connectivity index (χ4v) is 7.52. The van der Waals surface area contributed by atoms with Gasteiger partial charge in [-0.05, 0) is 95.5 Å². The van der Waals surface area contributed by atoms with E-state index in [4.69, 9.17) is 4.42 Å². The van der Waals surface area contributed by atoms with Crippen LogP contribution in [0.3, 0.4) is 0 Å². The van der Waals surface area contributed by atoms with Crippen LogP contribution in [0.1, 0.15) is 0 Å². The Hall–Kier alpha value is -6.25. The zero-order valence-corrected chi connectivity index (χ0v) is 25.4. The molecule has 0 aliphatic heterocycles. The van der Waals surface area contributed by atoms with E-state index >= 15 is 0 Å². The highest BCUT2D eigenvalue weighted by Gasteiger charge is 2.16. The summed E-state index contributed by atoms with van der Waals surface area (Å²) in [5, 5.41) is 10.0. The second-order valence-electron chi connectivity index (χ2n) is 12.3. The van der Waals surface area contributed by atoms with E-state index < -0.39 is 0 Å². The van der Waals surface area contributed by atoms with E-state index in [9.17, 15) is 0 Å². The van der Waals surface area contributed by atoms with Gasteiger partial charge < -0.3 is 4.42 Å². The fraction of sp³-hybridized carbons (Fsp3) is 0. The Bertz CT molecular complexity index is 2770. The third-order valence-corrected chi connectivity index (χ3v) is 9.76. The number of aromatic nitrogens is 1. The van der Waals surface area contributed by atoms with Crippen molar-refractivity contribution in [2.45, 2.75) is 0 Å². The van der Waals surface area contributed by atoms with Crippen molar-refractivity contribution in [3.05, 3.63) is 164 Å². The molecule has 8 aromatic carbocycles. The van der Waals surface area contributed by atoms with Gasteiger partial charge in [0.05, 0.1) is 0 Å². The molecule has 2 aromatic heterocycles. The van der Waals surface area contributed by atoms with Gasteiger partial charge in [0.1, 0.15) is 11.2 Å². The van der Waals surface area contributed by atoms with Crippen LogP contribution in [0.5, 0.6) is 0 Å². The molecule has 0 bridgehead atoms. The van der Waals surface area contributed by atoms with Crippen molar-refractivity contribution in [3.63, 3.8) is 0 Å². The van der Waals surface area contributed by atoms with Crippen LogP contribution in [0.25, 0.3) is 98.8 Å². The molecule has 0 radical (unpaired) electrons. The van der Waals surface area contributed by atoms with Gasteiger partial charge in [-0.3, -0.25) is 4.98 Å². The molecule has 0 fully saturated rings. The summed E-state index contributed by atoms with van der Waals surface area (Å²) in [4.78, 5) is 4.17. The molecule has 0 aliphatic rings. The SMILES string of the molecule is c1cc(-c2ccc3ccc4c(-c5ccc(-c6ccncc6)cc5)ccc5ccc2c3c54)cc(-c2cccc3c2oc2ccccc23)c1. The molecule has 0 saturated carbocycles. The highest BCUT2D eigenvalue weighted by atomic mass is 16.3. The summed E-state index contributed by atoms with van der Waals surface area (Å²) in [6, 6.07) is 54.9. The number of hydrogen-bond donors (Lipinski definition) is 0. The van der Waals surface area contributed by atoms with Crippen LogP contribution >= 0.6 is 0 Å². The first-order chi connectivity index (χ1) is 23.3. The van der Waals surface area contributed by atoms with E-state index in [1.54, 1.807) is 0 Å². The zero-order valence-electron chi connectivity index (χ0n) is 25.4. The lowest BCUT2D eigenvalue weighted by Crippen LogP contribution is -1.90. The predicted octanol–water partition coefficient (Wildman–Crippen LogP) is 12.5. The molecule has 0 saturated heterocycles. The fourth-order valence-electron chi connectivity index (χ4n) is 7.52. The lowest BCUT2D eigenvalue weighted by molar-refractivity contribution is 0.670. The van der Waals surface area contributed by atoms with Gasteiger partial charge in [0, 0.05) is 28.7 Å². The lowest BCUT2D eigenvalue weighted by Gasteiger charge is -2.17. The Kier molecular flexibility index (Phi) is 5.61. The molecular weight excluding hydrogens is 571 g/mol. The Morgan fingerprint density at radius 1 is 0.362 bits per heavy atom. The third-order valence-electron chi connectivity index (χ3n) is 9.76. The number of pyridine rings is 1. The van der Waals surface area contributed by atoms with Crippen LogP contribution < -0.4 is 0 Å². The topological polar surface area (TPSA) is 26.0 Å². The normalized spacial score (nSPS) is 11.8. The molecule has 0 atom stereocenters. The first kappa shape index (κ1) is 26.0. The highest BCUT2D eigenvalue weighted by Crippen LogP contribution is 2.43. The van der Waals surface area contributed by atoms with Gasteiger partial charge in [-0.25, -0.2) is 0 Å². The third kappa shape index (κ3) is 4.02. The van der Waals surface area contributed by atoms with Crippen LogP contribution in [0.4, 0.5) is 0 Å². The van der Waals surface area contributed by atoms with Crippen LogP contribution in [0.15, 0.2) is 168 Å². The Balaban J connectivity index is 1.13. The molecule has 218 valence electrons. The van der Waals surface area contributed by atoms with Crippen molar-refractivity contribution in [2.24, 2.45) is 0 Å².